The summed E-state index contributed by atoms with van der Waals surface area (Å²) in [4.78, 5) is 10.5. The maximum Gasteiger partial charge on any atom is 0.259 e. The van der Waals surface area contributed by atoms with Gasteiger partial charge in [-0.05, 0) is 6.42 Å². The van der Waals surface area contributed by atoms with Gasteiger partial charge in [-0.15, -0.1) is 0 Å². The van der Waals surface area contributed by atoms with E-state index in [2.05, 4.69) is 6.92 Å². The average molecular weight is 174 g/mol. The van der Waals surface area contributed by atoms with Crippen molar-refractivity contribution in [3.05, 3.63) is 0 Å². The number of hydrazine groups is 1. The molecular formula is C8H18N2O2. The molecule has 0 fully saturated rings. The standard InChI is InChI=1S/C8H18N2O2/c1-2-3-4-5-6-12-7-8(11)10-9/h2-7,9H2,1H3,(H,10,11). The Labute approximate surface area is 73.4 Å². The average Bonchev–Trinajstić information content (AvgIpc) is 2.10. The molecule has 0 aliphatic carbocycles. The van der Waals surface area contributed by atoms with Crippen LogP contribution in [-0.2, 0) is 9.53 Å². The van der Waals surface area contributed by atoms with E-state index < -0.39 is 0 Å². The minimum Gasteiger partial charge on any atom is -0.372 e. The van der Waals surface area contributed by atoms with Crippen LogP contribution >= 0.6 is 0 Å². The minimum absolute atomic E-state index is 0.0720. The first-order valence-corrected chi connectivity index (χ1v) is 4.38. The number of hydrogen-bond acceptors (Lipinski definition) is 3. The van der Waals surface area contributed by atoms with Gasteiger partial charge in [0.05, 0.1) is 0 Å². The molecule has 0 saturated heterocycles. The number of nitrogens with two attached hydrogens (primary N) is 1. The maximum absolute atomic E-state index is 10.5. The van der Waals surface area contributed by atoms with Gasteiger partial charge >= 0.3 is 0 Å². The highest BCUT2D eigenvalue weighted by molar-refractivity contribution is 5.76. The van der Waals surface area contributed by atoms with Crippen molar-refractivity contribution < 1.29 is 9.53 Å². The summed E-state index contributed by atoms with van der Waals surface area (Å²) in [7, 11) is 0. The molecule has 4 heteroatoms. The van der Waals surface area contributed by atoms with Crippen LogP contribution in [0.4, 0.5) is 0 Å². The molecule has 0 spiro atoms. The second-order valence-electron chi connectivity index (χ2n) is 2.68. The molecule has 0 aromatic heterocycles. The van der Waals surface area contributed by atoms with Gasteiger partial charge in [-0.2, -0.15) is 0 Å². The summed E-state index contributed by atoms with van der Waals surface area (Å²) in [6.45, 7) is 2.87. The molecule has 0 atom stereocenters. The third-order valence-electron chi connectivity index (χ3n) is 1.54. The second kappa shape index (κ2) is 8.49. The highest BCUT2D eigenvalue weighted by Crippen LogP contribution is 1.98. The van der Waals surface area contributed by atoms with Crippen molar-refractivity contribution in [2.75, 3.05) is 13.2 Å². The molecule has 0 unspecified atom stereocenters. The van der Waals surface area contributed by atoms with Gasteiger partial charge in [0.1, 0.15) is 6.61 Å². The lowest BCUT2D eigenvalue weighted by Crippen LogP contribution is -2.33. The Morgan fingerprint density at radius 3 is 2.75 bits per heavy atom. The van der Waals surface area contributed by atoms with E-state index in [4.69, 9.17) is 10.6 Å². The SMILES string of the molecule is CCCCCCOCC(=O)NN. The van der Waals surface area contributed by atoms with Crippen molar-refractivity contribution in [3.63, 3.8) is 0 Å². The Morgan fingerprint density at radius 1 is 1.42 bits per heavy atom. The second-order valence-corrected chi connectivity index (χ2v) is 2.68. The quantitative estimate of drug-likeness (QED) is 0.257. The fourth-order valence-corrected chi connectivity index (χ4v) is 0.837. The zero-order valence-electron chi connectivity index (χ0n) is 7.64. The third kappa shape index (κ3) is 7.50. The van der Waals surface area contributed by atoms with E-state index in [0.717, 1.165) is 6.42 Å². The minimum atomic E-state index is -0.273. The van der Waals surface area contributed by atoms with Gasteiger partial charge in [0.2, 0.25) is 0 Å². The summed E-state index contributed by atoms with van der Waals surface area (Å²) in [5, 5.41) is 0. The van der Waals surface area contributed by atoms with Crippen LogP contribution in [0.15, 0.2) is 0 Å². The van der Waals surface area contributed by atoms with Gasteiger partial charge in [0, 0.05) is 6.61 Å². The Kier molecular flexibility index (Phi) is 8.05. The van der Waals surface area contributed by atoms with E-state index in [1.165, 1.54) is 19.3 Å². The molecule has 0 bridgehead atoms. The highest BCUT2D eigenvalue weighted by atomic mass is 16.5. The monoisotopic (exact) mass is 174 g/mol. The van der Waals surface area contributed by atoms with Crippen molar-refractivity contribution >= 4 is 5.91 Å². The highest BCUT2D eigenvalue weighted by Gasteiger charge is 1.96. The molecule has 0 rings (SSSR count). The molecule has 12 heavy (non-hydrogen) atoms. The van der Waals surface area contributed by atoms with E-state index in [1.54, 1.807) is 0 Å². The molecule has 72 valence electrons. The molecule has 3 N–H and O–H groups in total. The van der Waals surface area contributed by atoms with Crippen LogP contribution in [0, 0.1) is 0 Å². The van der Waals surface area contributed by atoms with Crippen LogP contribution in [-0.4, -0.2) is 19.1 Å². The number of nitrogens with one attached hydrogen (secondary N) is 1. The molecule has 0 heterocycles. The molecule has 0 aromatic rings. The van der Waals surface area contributed by atoms with Crippen molar-refractivity contribution in [2.24, 2.45) is 5.84 Å². The van der Waals surface area contributed by atoms with Crippen molar-refractivity contribution in [2.45, 2.75) is 32.6 Å². The lowest BCUT2D eigenvalue weighted by Gasteiger charge is -2.01. The first kappa shape index (κ1) is 11.4. The van der Waals surface area contributed by atoms with Crippen LogP contribution in [0.25, 0.3) is 0 Å². The zero-order chi connectivity index (χ0) is 9.23. The van der Waals surface area contributed by atoms with E-state index in [9.17, 15) is 4.79 Å². The summed E-state index contributed by atoms with van der Waals surface area (Å²) in [6.07, 6.45) is 4.63. The van der Waals surface area contributed by atoms with Gasteiger partial charge in [-0.1, -0.05) is 26.2 Å². The normalized spacial score (nSPS) is 9.83. The van der Waals surface area contributed by atoms with E-state index in [-0.39, 0.29) is 12.5 Å². The topological polar surface area (TPSA) is 64.3 Å². The lowest BCUT2D eigenvalue weighted by atomic mass is 10.2. The molecule has 0 saturated carbocycles. The Morgan fingerprint density at radius 2 is 2.17 bits per heavy atom. The predicted molar refractivity (Wildman–Crippen MR) is 47.3 cm³/mol. The van der Waals surface area contributed by atoms with Crippen molar-refractivity contribution in [1.82, 2.24) is 5.43 Å². The maximum atomic E-state index is 10.5. The molecule has 1 amide bonds. The van der Waals surface area contributed by atoms with Crippen LogP contribution in [0.2, 0.25) is 0 Å². The van der Waals surface area contributed by atoms with Crippen LogP contribution in [0.3, 0.4) is 0 Å². The van der Waals surface area contributed by atoms with Gasteiger partial charge in [0.25, 0.3) is 5.91 Å². The van der Waals surface area contributed by atoms with Gasteiger partial charge < -0.3 is 4.74 Å². The largest absolute Gasteiger partial charge is 0.372 e. The Hall–Kier alpha value is -0.610. The molecule has 0 aliphatic rings. The Balaban J connectivity index is 2.95. The number of amides is 1. The summed E-state index contributed by atoms with van der Waals surface area (Å²) < 4.78 is 5.04. The van der Waals surface area contributed by atoms with Crippen LogP contribution < -0.4 is 11.3 Å². The molecular weight excluding hydrogens is 156 g/mol. The summed E-state index contributed by atoms with van der Waals surface area (Å²) in [6, 6.07) is 0. The van der Waals surface area contributed by atoms with Gasteiger partial charge in [-0.3, -0.25) is 10.2 Å². The van der Waals surface area contributed by atoms with Crippen LogP contribution in [0.1, 0.15) is 32.6 Å². The molecule has 0 aromatic carbocycles. The number of unbranched alkanes of at least 4 members (excludes halogenated alkanes) is 3. The summed E-state index contributed by atoms with van der Waals surface area (Å²) in [5.74, 6) is 4.58. The third-order valence-corrected chi connectivity index (χ3v) is 1.54. The van der Waals surface area contributed by atoms with Crippen molar-refractivity contribution in [1.29, 1.82) is 0 Å². The Bertz CT molecular complexity index is 118. The first-order chi connectivity index (χ1) is 5.81. The number of carbonyl (C=O) groups excluding carboxylic acids is 1. The summed E-state index contributed by atoms with van der Waals surface area (Å²) in [5.41, 5.74) is 2.00. The van der Waals surface area contributed by atoms with E-state index in [1.807, 2.05) is 5.43 Å². The molecule has 0 aliphatic heterocycles. The predicted octanol–water partition coefficient (Wildman–Crippen LogP) is 0.573. The molecule has 4 nitrogen and oxygen atoms in total. The number of hydrogen-bond donors (Lipinski definition) is 2. The fourth-order valence-electron chi connectivity index (χ4n) is 0.837. The number of ether oxygens (including phenoxy) is 1. The molecule has 0 radical (unpaired) electrons. The fraction of sp³-hybridized carbons (Fsp3) is 0.875. The van der Waals surface area contributed by atoms with Crippen molar-refractivity contribution in [3.8, 4) is 0 Å². The number of carbonyl (C=O) groups is 1. The first-order valence-electron chi connectivity index (χ1n) is 4.38. The van der Waals surface area contributed by atoms with E-state index >= 15 is 0 Å². The van der Waals surface area contributed by atoms with E-state index in [0.29, 0.717) is 6.61 Å². The van der Waals surface area contributed by atoms with Crippen LogP contribution in [0.5, 0.6) is 0 Å². The lowest BCUT2D eigenvalue weighted by molar-refractivity contribution is -0.125. The number of rotatable bonds is 7. The zero-order valence-corrected chi connectivity index (χ0v) is 7.64. The van der Waals surface area contributed by atoms with Gasteiger partial charge in [0.15, 0.2) is 0 Å². The van der Waals surface area contributed by atoms with Gasteiger partial charge in [-0.25, -0.2) is 5.84 Å². The summed E-state index contributed by atoms with van der Waals surface area (Å²) >= 11 is 0. The smallest absolute Gasteiger partial charge is 0.259 e.